The molecule has 0 fully saturated rings. The van der Waals surface area contributed by atoms with Crippen molar-refractivity contribution in [2.24, 2.45) is 0 Å². The van der Waals surface area contributed by atoms with Gasteiger partial charge in [-0.25, -0.2) is 8.42 Å². The topological polar surface area (TPSA) is 46.6 Å². The lowest BCUT2D eigenvalue weighted by Crippen LogP contribution is -2.30. The maximum absolute atomic E-state index is 12.8. The Kier molecular flexibility index (Phi) is 5.36. The largest absolute Gasteiger partial charge is 0.495 e. The van der Waals surface area contributed by atoms with Crippen LogP contribution in [0.15, 0.2) is 51.8 Å². The number of benzene rings is 2. The number of rotatable bonds is 5. The number of nitrogens with zero attached hydrogens (tertiary/aromatic N) is 1. The molecule has 0 saturated carbocycles. The van der Waals surface area contributed by atoms with E-state index in [1.54, 1.807) is 31.2 Å². The third-order valence-electron chi connectivity index (χ3n) is 3.09. The summed E-state index contributed by atoms with van der Waals surface area (Å²) in [6.45, 7) is 2.09. The summed E-state index contributed by atoms with van der Waals surface area (Å²) >= 11 is 9.39. The molecule has 0 aliphatic carbocycles. The van der Waals surface area contributed by atoms with Gasteiger partial charge in [-0.2, -0.15) is 0 Å². The second-order valence-corrected chi connectivity index (χ2v) is 7.63. The van der Waals surface area contributed by atoms with E-state index < -0.39 is 10.0 Å². The van der Waals surface area contributed by atoms with E-state index in [0.29, 0.717) is 18.0 Å². The van der Waals surface area contributed by atoms with Crippen molar-refractivity contribution in [1.82, 2.24) is 0 Å². The second-order valence-electron chi connectivity index (χ2n) is 4.45. The van der Waals surface area contributed by atoms with Gasteiger partial charge in [0.15, 0.2) is 0 Å². The molecule has 0 spiro atoms. The molecule has 2 aromatic rings. The van der Waals surface area contributed by atoms with Gasteiger partial charge in [-0.3, -0.25) is 4.31 Å². The number of methoxy groups -OCH3 is 1. The minimum atomic E-state index is -3.70. The molecule has 2 aromatic carbocycles. The maximum atomic E-state index is 12.8. The van der Waals surface area contributed by atoms with Crippen LogP contribution < -0.4 is 9.04 Å². The summed E-state index contributed by atoms with van der Waals surface area (Å²) in [4.78, 5) is 0.125. The van der Waals surface area contributed by atoms with Gasteiger partial charge in [0.2, 0.25) is 0 Å². The van der Waals surface area contributed by atoms with Crippen LogP contribution in [0.2, 0.25) is 5.02 Å². The molecular weight excluding hydrogens is 390 g/mol. The molecule has 0 aliphatic rings. The van der Waals surface area contributed by atoms with Gasteiger partial charge in [0.1, 0.15) is 5.75 Å². The van der Waals surface area contributed by atoms with Gasteiger partial charge in [-0.05, 0) is 43.3 Å². The first-order chi connectivity index (χ1) is 10.4. The fourth-order valence-electron chi connectivity index (χ4n) is 2.06. The van der Waals surface area contributed by atoms with Crippen molar-refractivity contribution in [2.45, 2.75) is 11.8 Å². The number of halogens is 2. The van der Waals surface area contributed by atoms with Crippen LogP contribution in [0.4, 0.5) is 5.69 Å². The third kappa shape index (κ3) is 3.39. The Balaban J connectivity index is 2.49. The monoisotopic (exact) mass is 403 g/mol. The lowest BCUT2D eigenvalue weighted by Gasteiger charge is -2.23. The molecular formula is C15H15BrClNO3S. The van der Waals surface area contributed by atoms with Crippen molar-refractivity contribution in [1.29, 1.82) is 0 Å². The SMILES string of the molecule is CCN(c1cccc(Br)c1)S(=O)(=O)c1ccc(OC)c(Cl)c1. The third-order valence-corrected chi connectivity index (χ3v) is 5.78. The molecule has 7 heteroatoms. The van der Waals surface area contributed by atoms with Crippen molar-refractivity contribution in [3.05, 3.63) is 52.0 Å². The summed E-state index contributed by atoms with van der Waals surface area (Å²) in [5, 5.41) is 0.258. The van der Waals surface area contributed by atoms with Gasteiger partial charge in [-0.15, -0.1) is 0 Å². The van der Waals surface area contributed by atoms with Gasteiger partial charge in [0, 0.05) is 11.0 Å². The molecule has 0 saturated heterocycles. The lowest BCUT2D eigenvalue weighted by atomic mass is 10.3. The van der Waals surface area contributed by atoms with Gasteiger partial charge in [0.05, 0.1) is 22.7 Å². The van der Waals surface area contributed by atoms with E-state index in [4.69, 9.17) is 16.3 Å². The molecule has 2 rings (SSSR count). The quantitative estimate of drug-likeness (QED) is 0.745. The number of hydrogen-bond donors (Lipinski definition) is 0. The minimum Gasteiger partial charge on any atom is -0.495 e. The van der Waals surface area contributed by atoms with Crippen molar-refractivity contribution < 1.29 is 13.2 Å². The molecule has 0 atom stereocenters. The maximum Gasteiger partial charge on any atom is 0.264 e. The first-order valence-corrected chi connectivity index (χ1v) is 9.13. The van der Waals surface area contributed by atoms with E-state index in [-0.39, 0.29) is 9.92 Å². The van der Waals surface area contributed by atoms with Crippen LogP contribution in [0.5, 0.6) is 5.75 Å². The van der Waals surface area contributed by atoms with Crippen LogP contribution in [-0.2, 0) is 10.0 Å². The van der Waals surface area contributed by atoms with Crippen molar-refractivity contribution in [3.8, 4) is 5.75 Å². The van der Waals surface area contributed by atoms with E-state index >= 15 is 0 Å². The van der Waals surface area contributed by atoms with Crippen molar-refractivity contribution in [2.75, 3.05) is 18.0 Å². The summed E-state index contributed by atoms with van der Waals surface area (Å²) in [6.07, 6.45) is 0. The van der Waals surface area contributed by atoms with Gasteiger partial charge < -0.3 is 4.74 Å². The molecule has 118 valence electrons. The van der Waals surface area contributed by atoms with Crippen LogP contribution in [0.3, 0.4) is 0 Å². The molecule has 0 unspecified atom stereocenters. The molecule has 0 bridgehead atoms. The van der Waals surface area contributed by atoms with Crippen LogP contribution in [0.1, 0.15) is 6.92 Å². The highest BCUT2D eigenvalue weighted by Crippen LogP contribution is 2.31. The fourth-order valence-corrected chi connectivity index (χ4v) is 4.26. The Bertz CT molecular complexity index is 780. The minimum absolute atomic E-state index is 0.125. The number of hydrogen-bond acceptors (Lipinski definition) is 3. The molecule has 22 heavy (non-hydrogen) atoms. The zero-order valence-corrected chi connectivity index (χ0v) is 15.2. The molecule has 0 N–H and O–H groups in total. The average Bonchev–Trinajstić information content (AvgIpc) is 2.47. The highest BCUT2D eigenvalue weighted by molar-refractivity contribution is 9.10. The Morgan fingerprint density at radius 3 is 2.50 bits per heavy atom. The van der Waals surface area contributed by atoms with Crippen molar-refractivity contribution in [3.63, 3.8) is 0 Å². The lowest BCUT2D eigenvalue weighted by molar-refractivity contribution is 0.414. The molecule has 0 radical (unpaired) electrons. The smallest absolute Gasteiger partial charge is 0.264 e. The first-order valence-electron chi connectivity index (χ1n) is 6.52. The van der Waals surface area contributed by atoms with Crippen LogP contribution >= 0.6 is 27.5 Å². The zero-order chi connectivity index (χ0) is 16.3. The second kappa shape index (κ2) is 6.89. The van der Waals surface area contributed by atoms with Crippen LogP contribution in [0.25, 0.3) is 0 Å². The number of anilines is 1. The molecule has 0 aliphatic heterocycles. The Morgan fingerprint density at radius 1 is 1.23 bits per heavy atom. The van der Waals surface area contributed by atoms with Crippen molar-refractivity contribution >= 4 is 43.2 Å². The number of ether oxygens (including phenoxy) is 1. The summed E-state index contributed by atoms with van der Waals surface area (Å²) in [5.41, 5.74) is 0.587. The Labute approximate surface area is 143 Å². The first kappa shape index (κ1) is 17.1. The van der Waals surface area contributed by atoms with Gasteiger partial charge >= 0.3 is 0 Å². The molecule has 4 nitrogen and oxygen atoms in total. The summed E-state index contributed by atoms with van der Waals surface area (Å²) in [6, 6.07) is 11.6. The Hall–Kier alpha value is -1.24. The summed E-state index contributed by atoms with van der Waals surface area (Å²) in [5.74, 6) is 0.436. The summed E-state index contributed by atoms with van der Waals surface area (Å²) < 4.78 is 32.9. The molecule has 0 aromatic heterocycles. The average molecular weight is 405 g/mol. The van der Waals surface area contributed by atoms with Crippen LogP contribution in [0, 0.1) is 0 Å². The predicted molar refractivity (Wildman–Crippen MR) is 92.4 cm³/mol. The van der Waals surface area contributed by atoms with Gasteiger partial charge in [-0.1, -0.05) is 33.6 Å². The normalized spacial score (nSPS) is 11.3. The summed E-state index contributed by atoms with van der Waals surface area (Å²) in [7, 11) is -2.21. The van der Waals surface area contributed by atoms with E-state index in [2.05, 4.69) is 15.9 Å². The zero-order valence-electron chi connectivity index (χ0n) is 12.1. The van der Waals surface area contributed by atoms with Crippen LogP contribution in [-0.4, -0.2) is 22.1 Å². The van der Waals surface area contributed by atoms with E-state index in [0.717, 1.165) is 4.47 Å². The standard InChI is InChI=1S/C15H15BrClNO3S/c1-3-18(12-6-4-5-11(16)9-12)22(19,20)13-7-8-15(21-2)14(17)10-13/h4-10H,3H2,1-2H3. The highest BCUT2D eigenvalue weighted by Gasteiger charge is 2.24. The van der Waals surface area contributed by atoms with E-state index in [1.807, 2.05) is 6.07 Å². The Morgan fingerprint density at radius 2 is 1.95 bits per heavy atom. The fraction of sp³-hybridized carbons (Fsp3) is 0.200. The molecule has 0 amide bonds. The highest BCUT2D eigenvalue weighted by atomic mass is 79.9. The molecule has 0 heterocycles. The van der Waals surface area contributed by atoms with Gasteiger partial charge in [0.25, 0.3) is 10.0 Å². The van der Waals surface area contributed by atoms with E-state index in [9.17, 15) is 8.42 Å². The number of sulfonamides is 1. The van der Waals surface area contributed by atoms with E-state index in [1.165, 1.54) is 23.5 Å². The predicted octanol–water partition coefficient (Wildman–Crippen LogP) is 4.33.